The number of anilines is 1. The molecule has 140 valence electrons. The Morgan fingerprint density at radius 2 is 1.67 bits per heavy atom. The van der Waals surface area contributed by atoms with E-state index in [1.807, 2.05) is 48.5 Å². The maximum atomic E-state index is 6.19. The van der Waals surface area contributed by atoms with E-state index in [2.05, 4.69) is 24.4 Å². The Bertz CT molecular complexity index is 928. The molecule has 0 heterocycles. The summed E-state index contributed by atoms with van der Waals surface area (Å²) in [5.41, 5.74) is 4.24. The molecule has 0 radical (unpaired) electrons. The van der Waals surface area contributed by atoms with Crippen molar-refractivity contribution in [3.8, 4) is 11.5 Å². The van der Waals surface area contributed by atoms with Gasteiger partial charge in [0.1, 0.15) is 18.1 Å². The van der Waals surface area contributed by atoms with Crippen molar-refractivity contribution in [1.82, 2.24) is 0 Å². The molecule has 0 bridgehead atoms. The van der Waals surface area contributed by atoms with E-state index in [0.717, 1.165) is 22.6 Å². The van der Waals surface area contributed by atoms with Gasteiger partial charge in [-0.15, -0.1) is 0 Å². The van der Waals surface area contributed by atoms with Crippen molar-refractivity contribution in [2.45, 2.75) is 20.1 Å². The lowest BCUT2D eigenvalue weighted by atomic mass is 10.1. The Kier molecular flexibility index (Phi) is 6.49. The molecule has 0 atom stereocenters. The minimum absolute atomic E-state index is 0.510. The third-order valence-electron chi connectivity index (χ3n) is 4.30. The number of nitrogens with one attached hydrogen (secondary N) is 1. The van der Waals surface area contributed by atoms with E-state index in [9.17, 15) is 0 Å². The Morgan fingerprint density at radius 1 is 0.889 bits per heavy atom. The van der Waals surface area contributed by atoms with Crippen LogP contribution < -0.4 is 14.8 Å². The molecular weight excluding hydrogens is 381 g/mol. The topological polar surface area (TPSA) is 30.5 Å². The third kappa shape index (κ3) is 5.09. The first-order valence-electron chi connectivity index (χ1n) is 8.60. The van der Waals surface area contributed by atoms with E-state index in [1.54, 1.807) is 7.11 Å². The van der Waals surface area contributed by atoms with Gasteiger partial charge in [0, 0.05) is 22.8 Å². The summed E-state index contributed by atoms with van der Waals surface area (Å²) < 4.78 is 11.2. The van der Waals surface area contributed by atoms with E-state index in [4.69, 9.17) is 32.7 Å². The van der Waals surface area contributed by atoms with Gasteiger partial charge in [-0.25, -0.2) is 0 Å². The van der Waals surface area contributed by atoms with Crippen molar-refractivity contribution in [2.24, 2.45) is 0 Å². The maximum Gasteiger partial charge on any atom is 0.137 e. The molecule has 0 saturated heterocycles. The Balaban J connectivity index is 1.72. The summed E-state index contributed by atoms with van der Waals surface area (Å²) in [4.78, 5) is 0. The number of hydrogen-bond acceptors (Lipinski definition) is 3. The van der Waals surface area contributed by atoms with E-state index >= 15 is 0 Å². The lowest BCUT2D eigenvalue weighted by Gasteiger charge is -2.15. The molecule has 0 aliphatic rings. The fourth-order valence-corrected chi connectivity index (χ4v) is 3.18. The summed E-state index contributed by atoms with van der Waals surface area (Å²) in [7, 11) is 1.60. The fraction of sp³-hybridized carbons (Fsp3) is 0.182. The highest BCUT2D eigenvalue weighted by Gasteiger charge is 2.08. The highest BCUT2D eigenvalue weighted by Crippen LogP contribution is 2.29. The number of methoxy groups -OCH3 is 1. The van der Waals surface area contributed by atoms with Gasteiger partial charge in [0.25, 0.3) is 0 Å². The summed E-state index contributed by atoms with van der Waals surface area (Å²) in [6.45, 7) is 3.15. The van der Waals surface area contributed by atoms with E-state index in [1.165, 1.54) is 5.56 Å². The number of hydrogen-bond donors (Lipinski definition) is 1. The van der Waals surface area contributed by atoms with Gasteiger partial charge in [0.2, 0.25) is 0 Å². The van der Waals surface area contributed by atoms with Crippen molar-refractivity contribution < 1.29 is 9.47 Å². The van der Waals surface area contributed by atoms with Crippen LogP contribution in [0.5, 0.6) is 11.5 Å². The van der Waals surface area contributed by atoms with Crippen molar-refractivity contribution in [3.63, 3.8) is 0 Å². The van der Waals surface area contributed by atoms with Gasteiger partial charge in [-0.2, -0.15) is 0 Å². The Hall–Kier alpha value is -2.36. The van der Waals surface area contributed by atoms with Crippen molar-refractivity contribution in [1.29, 1.82) is 0 Å². The average Bonchev–Trinajstić information content (AvgIpc) is 2.67. The van der Waals surface area contributed by atoms with Gasteiger partial charge in [0.15, 0.2) is 0 Å². The standard InChI is InChI=1S/C22H21Cl2NO2/c1-15-5-3-4-6-16(15)14-27-21-9-7-18(23)11-17(21)13-25-19-8-10-22(26-2)20(24)12-19/h3-12,25H,13-14H2,1-2H3. The van der Waals surface area contributed by atoms with Crippen molar-refractivity contribution in [2.75, 3.05) is 12.4 Å². The van der Waals surface area contributed by atoms with Gasteiger partial charge in [0.05, 0.1) is 12.1 Å². The van der Waals surface area contributed by atoms with Gasteiger partial charge >= 0.3 is 0 Å². The zero-order valence-electron chi connectivity index (χ0n) is 15.3. The molecule has 3 aromatic rings. The lowest BCUT2D eigenvalue weighted by Crippen LogP contribution is -2.04. The molecule has 27 heavy (non-hydrogen) atoms. The molecule has 0 saturated carbocycles. The Labute approximate surface area is 169 Å². The second-order valence-corrected chi connectivity index (χ2v) is 7.01. The number of halogens is 2. The minimum Gasteiger partial charge on any atom is -0.495 e. The zero-order valence-corrected chi connectivity index (χ0v) is 16.8. The van der Waals surface area contributed by atoms with Crippen LogP contribution in [0.1, 0.15) is 16.7 Å². The first-order valence-corrected chi connectivity index (χ1v) is 9.35. The quantitative estimate of drug-likeness (QED) is 0.489. The van der Waals surface area contributed by atoms with Crippen LogP contribution in [-0.2, 0) is 13.2 Å². The van der Waals surface area contributed by atoms with Crippen molar-refractivity contribution in [3.05, 3.63) is 87.4 Å². The normalized spacial score (nSPS) is 10.5. The number of aryl methyl sites for hydroxylation is 1. The van der Waals surface area contributed by atoms with E-state index in [-0.39, 0.29) is 0 Å². The first kappa shape index (κ1) is 19.4. The number of rotatable bonds is 7. The van der Waals surface area contributed by atoms with Crippen LogP contribution in [-0.4, -0.2) is 7.11 Å². The highest BCUT2D eigenvalue weighted by atomic mass is 35.5. The van der Waals surface area contributed by atoms with Crippen LogP contribution in [0.3, 0.4) is 0 Å². The monoisotopic (exact) mass is 401 g/mol. The second kappa shape index (κ2) is 9.03. The van der Waals surface area contributed by atoms with E-state index < -0.39 is 0 Å². The predicted octanol–water partition coefficient (Wildman–Crippen LogP) is 6.50. The van der Waals surface area contributed by atoms with Crippen LogP contribution in [0.25, 0.3) is 0 Å². The van der Waals surface area contributed by atoms with Gasteiger partial charge in [-0.3, -0.25) is 0 Å². The largest absolute Gasteiger partial charge is 0.495 e. The molecule has 0 fully saturated rings. The summed E-state index contributed by atoms with van der Waals surface area (Å²) >= 11 is 12.4. The number of ether oxygens (including phenoxy) is 2. The summed E-state index contributed by atoms with van der Waals surface area (Å²) in [6, 6.07) is 19.4. The van der Waals surface area contributed by atoms with Crippen LogP contribution in [0, 0.1) is 6.92 Å². The molecule has 0 aromatic heterocycles. The SMILES string of the molecule is COc1ccc(NCc2cc(Cl)ccc2OCc2ccccc2C)cc1Cl. The van der Waals surface area contributed by atoms with Gasteiger partial charge < -0.3 is 14.8 Å². The Morgan fingerprint density at radius 3 is 2.41 bits per heavy atom. The van der Waals surface area contributed by atoms with Gasteiger partial charge in [-0.1, -0.05) is 47.5 Å². The molecule has 0 spiro atoms. The van der Waals surface area contributed by atoms with Crippen molar-refractivity contribution >= 4 is 28.9 Å². The molecule has 0 unspecified atom stereocenters. The molecule has 3 rings (SSSR count). The average molecular weight is 402 g/mol. The first-order chi connectivity index (χ1) is 13.1. The number of benzene rings is 3. The van der Waals surface area contributed by atoms with Crippen LogP contribution >= 0.6 is 23.2 Å². The molecule has 3 aromatic carbocycles. The van der Waals surface area contributed by atoms with Gasteiger partial charge in [-0.05, 0) is 54.4 Å². The summed E-state index contributed by atoms with van der Waals surface area (Å²) in [5.74, 6) is 1.45. The molecule has 3 nitrogen and oxygen atoms in total. The predicted molar refractivity (Wildman–Crippen MR) is 112 cm³/mol. The summed E-state index contributed by atoms with van der Waals surface area (Å²) in [5, 5.41) is 4.58. The van der Waals surface area contributed by atoms with Crippen LogP contribution in [0.2, 0.25) is 10.0 Å². The highest BCUT2D eigenvalue weighted by molar-refractivity contribution is 6.32. The fourth-order valence-electron chi connectivity index (χ4n) is 2.73. The molecule has 0 aliphatic heterocycles. The minimum atomic E-state index is 0.510. The lowest BCUT2D eigenvalue weighted by molar-refractivity contribution is 0.302. The smallest absolute Gasteiger partial charge is 0.137 e. The van der Waals surface area contributed by atoms with Crippen LogP contribution in [0.15, 0.2) is 60.7 Å². The van der Waals surface area contributed by atoms with Crippen LogP contribution in [0.4, 0.5) is 5.69 Å². The second-order valence-electron chi connectivity index (χ2n) is 6.17. The molecule has 1 N–H and O–H groups in total. The molecular formula is C22H21Cl2NO2. The molecule has 0 amide bonds. The summed E-state index contributed by atoms with van der Waals surface area (Å²) in [6.07, 6.45) is 0. The zero-order chi connectivity index (χ0) is 19.2. The third-order valence-corrected chi connectivity index (χ3v) is 4.83. The van der Waals surface area contributed by atoms with E-state index in [0.29, 0.717) is 28.9 Å². The maximum absolute atomic E-state index is 6.19. The molecule has 5 heteroatoms. The molecule has 0 aliphatic carbocycles.